The van der Waals surface area contributed by atoms with Crippen LogP contribution in [0.25, 0.3) is 0 Å². The van der Waals surface area contributed by atoms with Crippen LogP contribution in [0.1, 0.15) is 24.1 Å². The first kappa shape index (κ1) is 13.6. The van der Waals surface area contributed by atoms with Gasteiger partial charge in [0, 0.05) is 10.5 Å². The topological polar surface area (TPSA) is 35.8 Å². The normalized spacial score (nSPS) is 11.7. The molecule has 0 aromatic heterocycles. The highest BCUT2D eigenvalue weighted by Gasteiger charge is 2.11. The smallest absolute Gasteiger partial charge is 0.124 e. The van der Waals surface area contributed by atoms with Crippen LogP contribution in [-0.4, -0.2) is 0 Å². The predicted molar refractivity (Wildman–Crippen MR) is 77.3 cm³/mol. The minimum Gasteiger partial charge on any atom is -0.377 e. The fraction of sp³-hybridized carbons (Fsp3) is 0.133. The Bertz CT molecular complexity index is 634. The molecular weight excluding hydrogens is 307 g/mol. The van der Waals surface area contributed by atoms with Crippen molar-refractivity contribution in [3.05, 3.63) is 63.9 Å². The van der Waals surface area contributed by atoms with Gasteiger partial charge < -0.3 is 5.32 Å². The van der Waals surface area contributed by atoms with Gasteiger partial charge >= 0.3 is 0 Å². The zero-order valence-electron chi connectivity index (χ0n) is 10.3. The highest BCUT2D eigenvalue weighted by atomic mass is 79.9. The highest BCUT2D eigenvalue weighted by Crippen LogP contribution is 2.27. The summed E-state index contributed by atoms with van der Waals surface area (Å²) < 4.78 is 14.1. The number of nitrogens with zero attached hydrogens (tertiary/aromatic N) is 1. The first-order chi connectivity index (χ1) is 9.11. The number of nitrogens with one attached hydrogen (secondary N) is 1. The van der Waals surface area contributed by atoms with Gasteiger partial charge in [-0.2, -0.15) is 5.26 Å². The van der Waals surface area contributed by atoms with E-state index in [-0.39, 0.29) is 6.04 Å². The molecule has 0 amide bonds. The molecule has 0 saturated heterocycles. The van der Waals surface area contributed by atoms with E-state index in [2.05, 4.69) is 21.2 Å². The van der Waals surface area contributed by atoms with Gasteiger partial charge in [-0.3, -0.25) is 0 Å². The molecule has 1 N–H and O–H groups in total. The molecule has 2 aromatic carbocycles. The number of hydrogen-bond donors (Lipinski definition) is 1. The van der Waals surface area contributed by atoms with Crippen molar-refractivity contribution in [2.24, 2.45) is 0 Å². The minimum absolute atomic E-state index is 0.00753. The third-order valence-electron chi connectivity index (χ3n) is 2.85. The van der Waals surface area contributed by atoms with E-state index in [0.717, 1.165) is 10.0 Å². The molecule has 1 atom stereocenters. The van der Waals surface area contributed by atoms with E-state index in [1.54, 1.807) is 6.07 Å². The van der Waals surface area contributed by atoms with Crippen molar-refractivity contribution in [2.75, 3.05) is 5.32 Å². The van der Waals surface area contributed by atoms with Crippen LogP contribution >= 0.6 is 15.9 Å². The summed E-state index contributed by atoms with van der Waals surface area (Å²) in [4.78, 5) is 0. The van der Waals surface area contributed by atoms with Gasteiger partial charge in [0.1, 0.15) is 11.9 Å². The van der Waals surface area contributed by atoms with Gasteiger partial charge in [-0.25, -0.2) is 4.39 Å². The number of nitriles is 1. The van der Waals surface area contributed by atoms with Gasteiger partial charge in [0.25, 0.3) is 0 Å². The molecule has 2 aromatic rings. The number of anilines is 1. The molecule has 0 fully saturated rings. The molecule has 0 heterocycles. The summed E-state index contributed by atoms with van der Waals surface area (Å²) in [6.07, 6.45) is 0. The van der Waals surface area contributed by atoms with Crippen molar-refractivity contribution in [3.63, 3.8) is 0 Å². The second-order valence-corrected chi connectivity index (χ2v) is 5.04. The lowest BCUT2D eigenvalue weighted by atomic mass is 10.1. The molecule has 0 aliphatic rings. The van der Waals surface area contributed by atoms with Crippen molar-refractivity contribution < 1.29 is 4.39 Å². The predicted octanol–water partition coefficient (Wildman–Crippen LogP) is 4.63. The van der Waals surface area contributed by atoms with Crippen molar-refractivity contribution in [1.29, 1.82) is 5.26 Å². The van der Waals surface area contributed by atoms with E-state index in [0.29, 0.717) is 11.3 Å². The van der Waals surface area contributed by atoms with Crippen LogP contribution in [0.3, 0.4) is 0 Å². The molecular formula is C15H12BrFN2. The molecule has 2 nitrogen and oxygen atoms in total. The minimum atomic E-state index is -0.407. The van der Waals surface area contributed by atoms with Crippen LogP contribution in [0.4, 0.5) is 10.1 Å². The summed E-state index contributed by atoms with van der Waals surface area (Å²) in [5.74, 6) is -0.407. The maximum absolute atomic E-state index is 13.1. The molecule has 0 aliphatic heterocycles. The lowest BCUT2D eigenvalue weighted by Crippen LogP contribution is -2.08. The first-order valence-electron chi connectivity index (χ1n) is 5.82. The van der Waals surface area contributed by atoms with Crippen molar-refractivity contribution in [2.45, 2.75) is 13.0 Å². The fourth-order valence-corrected chi connectivity index (χ4v) is 2.50. The average molecular weight is 319 g/mol. The number of benzene rings is 2. The quantitative estimate of drug-likeness (QED) is 0.895. The molecule has 96 valence electrons. The molecule has 1 unspecified atom stereocenters. The van der Waals surface area contributed by atoms with Gasteiger partial charge in [0.05, 0.1) is 11.3 Å². The van der Waals surface area contributed by atoms with E-state index in [1.807, 2.05) is 37.3 Å². The summed E-state index contributed by atoms with van der Waals surface area (Å²) in [5.41, 5.74) is 2.02. The van der Waals surface area contributed by atoms with E-state index in [1.165, 1.54) is 12.1 Å². The third-order valence-corrected chi connectivity index (χ3v) is 3.57. The van der Waals surface area contributed by atoms with Crippen LogP contribution < -0.4 is 5.32 Å². The lowest BCUT2D eigenvalue weighted by molar-refractivity contribution is 0.627. The van der Waals surface area contributed by atoms with Crippen molar-refractivity contribution in [1.82, 2.24) is 0 Å². The second-order valence-electron chi connectivity index (χ2n) is 4.19. The maximum atomic E-state index is 13.1. The molecule has 19 heavy (non-hydrogen) atoms. The SMILES string of the molecule is CC(Nc1ccc(F)cc1C#N)c1ccccc1Br. The molecule has 0 aliphatic carbocycles. The highest BCUT2D eigenvalue weighted by molar-refractivity contribution is 9.10. The summed E-state index contributed by atoms with van der Waals surface area (Å²) in [7, 11) is 0. The summed E-state index contributed by atoms with van der Waals surface area (Å²) in [6.45, 7) is 1.99. The Labute approximate surface area is 120 Å². The lowest BCUT2D eigenvalue weighted by Gasteiger charge is -2.18. The zero-order chi connectivity index (χ0) is 13.8. The van der Waals surface area contributed by atoms with Gasteiger partial charge in [-0.05, 0) is 36.8 Å². The Morgan fingerprint density at radius 2 is 2.00 bits per heavy atom. The largest absolute Gasteiger partial charge is 0.377 e. The summed E-state index contributed by atoms with van der Waals surface area (Å²) in [5, 5.41) is 12.2. The van der Waals surface area contributed by atoms with Crippen LogP contribution in [0.15, 0.2) is 46.9 Å². The van der Waals surface area contributed by atoms with Crippen LogP contribution in [0.2, 0.25) is 0 Å². The molecule has 0 saturated carbocycles. The summed E-state index contributed by atoms with van der Waals surface area (Å²) >= 11 is 3.49. The van der Waals surface area contributed by atoms with Gasteiger partial charge in [-0.15, -0.1) is 0 Å². The second kappa shape index (κ2) is 5.85. The third kappa shape index (κ3) is 3.12. The van der Waals surface area contributed by atoms with Gasteiger partial charge in [0.2, 0.25) is 0 Å². The Hall–Kier alpha value is -1.86. The van der Waals surface area contributed by atoms with Gasteiger partial charge in [0.15, 0.2) is 0 Å². The number of halogens is 2. The molecule has 0 spiro atoms. The Morgan fingerprint density at radius 1 is 1.26 bits per heavy atom. The van der Waals surface area contributed by atoms with E-state index < -0.39 is 5.82 Å². The Kier molecular flexibility index (Phi) is 4.18. The standard InChI is InChI=1S/C15H12BrFN2/c1-10(13-4-2-3-5-14(13)16)19-15-7-6-12(17)8-11(15)9-18/h2-8,10,19H,1H3. The van der Waals surface area contributed by atoms with E-state index in [4.69, 9.17) is 5.26 Å². The molecule has 2 rings (SSSR count). The van der Waals surface area contributed by atoms with Crippen LogP contribution in [0.5, 0.6) is 0 Å². The Morgan fingerprint density at radius 3 is 2.68 bits per heavy atom. The monoisotopic (exact) mass is 318 g/mol. The Balaban J connectivity index is 2.27. The molecule has 4 heteroatoms. The first-order valence-corrected chi connectivity index (χ1v) is 6.61. The van der Waals surface area contributed by atoms with Crippen molar-refractivity contribution in [3.8, 4) is 6.07 Å². The van der Waals surface area contributed by atoms with Crippen LogP contribution in [0, 0.1) is 17.1 Å². The number of hydrogen-bond acceptors (Lipinski definition) is 2. The number of rotatable bonds is 3. The zero-order valence-corrected chi connectivity index (χ0v) is 11.9. The van der Waals surface area contributed by atoms with E-state index >= 15 is 0 Å². The fourth-order valence-electron chi connectivity index (χ4n) is 1.87. The molecule has 0 bridgehead atoms. The van der Waals surface area contributed by atoms with Crippen molar-refractivity contribution >= 4 is 21.6 Å². The maximum Gasteiger partial charge on any atom is 0.124 e. The average Bonchev–Trinajstić information content (AvgIpc) is 2.41. The summed E-state index contributed by atoms with van der Waals surface area (Å²) in [6, 6.07) is 14.0. The van der Waals surface area contributed by atoms with Gasteiger partial charge in [-0.1, -0.05) is 34.1 Å². The van der Waals surface area contributed by atoms with Crippen LogP contribution in [-0.2, 0) is 0 Å². The van der Waals surface area contributed by atoms with E-state index in [9.17, 15) is 4.39 Å². The molecule has 0 radical (unpaired) electrons.